The van der Waals surface area contributed by atoms with Crippen molar-refractivity contribution in [1.29, 1.82) is 0 Å². The Hall–Kier alpha value is -5.76. The number of aromatic nitrogens is 4. The summed E-state index contributed by atoms with van der Waals surface area (Å²) in [7, 11) is -7.08. The molecule has 3 heterocycles. The third-order valence-electron chi connectivity index (χ3n) is 6.97. The number of rotatable bonds is 14. The minimum absolute atomic E-state index is 0.0231. The molecular formula is C33H31F4N7O7S2. The van der Waals surface area contributed by atoms with E-state index in [0.29, 0.717) is 28.3 Å². The zero-order chi connectivity index (χ0) is 38.8. The first-order chi connectivity index (χ1) is 25.0. The Morgan fingerprint density at radius 3 is 1.62 bits per heavy atom. The molecule has 0 atom stereocenters. The minimum Gasteiger partial charge on any atom is -0.415 e. The van der Waals surface area contributed by atoms with E-state index in [-0.39, 0.29) is 24.5 Å². The number of nitrogens with zero attached hydrogens (tertiary/aromatic N) is 6. The maximum absolute atomic E-state index is 12.5. The smallest absolute Gasteiger partial charge is 0.315 e. The molecule has 1 N–H and O–H groups in total. The highest BCUT2D eigenvalue weighted by molar-refractivity contribution is 7.92. The maximum atomic E-state index is 12.5. The molecule has 3 aromatic heterocycles. The van der Waals surface area contributed by atoms with Gasteiger partial charge >= 0.3 is 12.9 Å². The summed E-state index contributed by atoms with van der Waals surface area (Å²) in [6, 6.07) is 23.1. The van der Waals surface area contributed by atoms with Crippen molar-refractivity contribution in [2.45, 2.75) is 25.9 Å². The van der Waals surface area contributed by atoms with Crippen molar-refractivity contribution < 1.29 is 48.4 Å². The number of anilines is 2. The van der Waals surface area contributed by atoms with Crippen molar-refractivity contribution in [1.82, 2.24) is 25.5 Å². The third kappa shape index (κ3) is 11.6. The van der Waals surface area contributed by atoms with E-state index in [2.05, 4.69) is 20.2 Å². The van der Waals surface area contributed by atoms with Gasteiger partial charge in [0.1, 0.15) is 0 Å². The number of ketones is 1. The average Bonchev–Trinajstić information content (AvgIpc) is 3.63. The van der Waals surface area contributed by atoms with Crippen LogP contribution in [0.2, 0.25) is 0 Å². The van der Waals surface area contributed by atoms with E-state index in [1.54, 1.807) is 72.8 Å². The number of para-hydroxylation sites is 2. The number of hydrogen-bond donors (Lipinski definition) is 1. The Bertz CT molecular complexity index is 2200. The van der Waals surface area contributed by atoms with E-state index < -0.39 is 57.0 Å². The molecule has 0 bridgehead atoms. The van der Waals surface area contributed by atoms with Gasteiger partial charge in [-0.15, -0.1) is 10.2 Å². The van der Waals surface area contributed by atoms with Crippen LogP contribution in [0, 0.1) is 0 Å². The summed E-state index contributed by atoms with van der Waals surface area (Å²) in [5, 5.41) is 8.61. The van der Waals surface area contributed by atoms with Crippen molar-refractivity contribution in [3.8, 4) is 11.5 Å². The molecule has 0 aliphatic heterocycles. The molecule has 14 nitrogen and oxygen atoms in total. The molecule has 0 unspecified atom stereocenters. The molecule has 20 heteroatoms. The van der Waals surface area contributed by atoms with Gasteiger partial charge < -0.3 is 9.73 Å². The highest BCUT2D eigenvalue weighted by Crippen LogP contribution is 2.24. The number of benzene rings is 2. The second kappa shape index (κ2) is 17.6. The number of nitrogens with one attached hydrogen (secondary N) is 1. The number of Topliss-reactive ketones (excluding diaryl/α,β-unsaturated/α-hetero) is 1. The molecule has 0 aliphatic rings. The summed E-state index contributed by atoms with van der Waals surface area (Å²) in [5.41, 5.74) is 2.31. The zero-order valence-corrected chi connectivity index (χ0v) is 29.5. The van der Waals surface area contributed by atoms with E-state index in [4.69, 9.17) is 4.42 Å². The van der Waals surface area contributed by atoms with Crippen molar-refractivity contribution in [2.75, 3.05) is 27.7 Å². The van der Waals surface area contributed by atoms with E-state index in [0.717, 1.165) is 12.5 Å². The lowest BCUT2D eigenvalue weighted by Gasteiger charge is -2.22. The SMILES string of the molecule is CS(=O)(=O)N(Cc1ccc(-c2nnc(C(F)F)o2)cn1)c1ccccc1.CS(=O)(=O)N(Cc1ccc(C(=O)CNC(=O)C(F)F)cn1)c1ccccc1. The van der Waals surface area contributed by atoms with E-state index in [1.807, 2.05) is 5.32 Å². The molecule has 5 aromatic rings. The second-order valence-corrected chi connectivity index (χ2v) is 14.8. The Balaban J connectivity index is 0.000000237. The van der Waals surface area contributed by atoms with Gasteiger partial charge in [0.15, 0.2) is 5.78 Å². The fourth-order valence-corrected chi connectivity index (χ4v) is 6.14. The standard InChI is InChI=1S/C17H17F2N3O4S.C16H14F2N4O3S/c1-27(25,26)22(14-5-3-2-4-6-14)11-13-8-7-12(9-20-13)15(23)10-21-17(24)16(18)19;1-26(23,24)22(13-5-3-2-4-6-13)10-12-8-7-11(9-19-12)15-20-21-16(25-15)14(17)18/h2-9,16H,10-11H2,1H3,(H,21,24);2-9,14H,10H2,1H3. The van der Waals surface area contributed by atoms with Crippen LogP contribution in [-0.4, -0.2) is 74.2 Å². The average molecular weight is 778 g/mol. The lowest BCUT2D eigenvalue weighted by Crippen LogP contribution is -2.34. The fourth-order valence-electron chi connectivity index (χ4n) is 4.40. The van der Waals surface area contributed by atoms with Crippen LogP contribution in [0.15, 0.2) is 102 Å². The van der Waals surface area contributed by atoms with Gasteiger partial charge in [-0.2, -0.15) is 17.6 Å². The Kier molecular flexibility index (Phi) is 13.3. The number of carbonyl (C=O) groups is 2. The number of carbonyl (C=O) groups excluding carboxylic acids is 2. The predicted octanol–water partition coefficient (Wildman–Crippen LogP) is 4.65. The summed E-state index contributed by atoms with van der Waals surface area (Å²) >= 11 is 0. The summed E-state index contributed by atoms with van der Waals surface area (Å²) < 4.78 is 105. The third-order valence-corrected chi connectivity index (χ3v) is 9.25. The molecule has 280 valence electrons. The minimum atomic E-state index is -3.56. The lowest BCUT2D eigenvalue weighted by molar-refractivity contribution is -0.131. The molecule has 0 aliphatic carbocycles. The van der Waals surface area contributed by atoms with Crippen LogP contribution in [0.1, 0.15) is 34.1 Å². The molecule has 0 spiro atoms. The van der Waals surface area contributed by atoms with Gasteiger partial charge in [-0.25, -0.2) is 16.8 Å². The zero-order valence-electron chi connectivity index (χ0n) is 27.9. The summed E-state index contributed by atoms with van der Waals surface area (Å²) in [6.07, 6.45) is -1.29. The Morgan fingerprint density at radius 1 is 0.717 bits per heavy atom. The molecule has 0 saturated heterocycles. The fraction of sp³-hybridized carbons (Fsp3) is 0.212. The first-order valence-corrected chi connectivity index (χ1v) is 18.9. The molecule has 0 radical (unpaired) electrons. The summed E-state index contributed by atoms with van der Waals surface area (Å²) in [4.78, 5) is 30.9. The van der Waals surface area contributed by atoms with Crippen molar-refractivity contribution in [3.63, 3.8) is 0 Å². The van der Waals surface area contributed by atoms with E-state index in [1.165, 1.54) is 33.1 Å². The lowest BCUT2D eigenvalue weighted by atomic mass is 10.1. The number of alkyl halides is 4. The normalized spacial score (nSPS) is 11.5. The molecule has 5 rings (SSSR count). The first-order valence-electron chi connectivity index (χ1n) is 15.2. The van der Waals surface area contributed by atoms with Gasteiger partial charge in [0.2, 0.25) is 25.9 Å². The van der Waals surface area contributed by atoms with Gasteiger partial charge in [-0.3, -0.25) is 28.2 Å². The first kappa shape index (κ1) is 40.0. The number of pyridine rings is 2. The van der Waals surface area contributed by atoms with Crippen LogP contribution in [0.3, 0.4) is 0 Å². The van der Waals surface area contributed by atoms with E-state index in [9.17, 15) is 44.0 Å². The highest BCUT2D eigenvalue weighted by atomic mass is 32.2. The quantitative estimate of drug-likeness (QED) is 0.122. The van der Waals surface area contributed by atoms with Gasteiger partial charge in [0, 0.05) is 18.0 Å². The maximum Gasteiger partial charge on any atom is 0.315 e. The van der Waals surface area contributed by atoms with E-state index >= 15 is 0 Å². The number of hydrogen-bond acceptors (Lipinski definition) is 11. The number of amides is 1. The molecule has 0 saturated carbocycles. The number of sulfonamides is 2. The van der Waals surface area contributed by atoms with Crippen LogP contribution in [0.25, 0.3) is 11.5 Å². The van der Waals surface area contributed by atoms with Crippen molar-refractivity contribution in [3.05, 3.63) is 120 Å². The Morgan fingerprint density at radius 2 is 1.23 bits per heavy atom. The van der Waals surface area contributed by atoms with Crippen LogP contribution in [0.5, 0.6) is 0 Å². The summed E-state index contributed by atoms with van der Waals surface area (Å²) in [6.45, 7) is -0.599. The van der Waals surface area contributed by atoms with Crippen LogP contribution < -0.4 is 13.9 Å². The highest BCUT2D eigenvalue weighted by Gasteiger charge is 2.21. The predicted molar refractivity (Wildman–Crippen MR) is 185 cm³/mol. The largest absolute Gasteiger partial charge is 0.415 e. The van der Waals surface area contributed by atoms with Gasteiger partial charge in [0.25, 0.3) is 11.8 Å². The second-order valence-electron chi connectivity index (χ2n) is 11.0. The van der Waals surface area contributed by atoms with Crippen LogP contribution in [0.4, 0.5) is 28.9 Å². The van der Waals surface area contributed by atoms with Gasteiger partial charge in [0.05, 0.1) is 60.5 Å². The molecule has 0 fully saturated rings. The summed E-state index contributed by atoms with van der Waals surface area (Å²) in [5.74, 6) is -2.97. The van der Waals surface area contributed by atoms with Crippen LogP contribution >= 0.6 is 0 Å². The Labute approximate surface area is 301 Å². The molecule has 2 aromatic carbocycles. The van der Waals surface area contributed by atoms with Gasteiger partial charge in [-0.1, -0.05) is 36.4 Å². The topological polar surface area (TPSA) is 186 Å². The monoisotopic (exact) mass is 777 g/mol. The van der Waals surface area contributed by atoms with Crippen molar-refractivity contribution >= 4 is 43.1 Å². The van der Waals surface area contributed by atoms with Crippen molar-refractivity contribution in [2.24, 2.45) is 0 Å². The molecular weight excluding hydrogens is 747 g/mol. The molecule has 53 heavy (non-hydrogen) atoms. The number of halogens is 4. The molecule has 1 amide bonds. The van der Waals surface area contributed by atoms with Gasteiger partial charge in [-0.05, 0) is 48.5 Å². The van der Waals surface area contributed by atoms with Crippen LogP contribution in [-0.2, 0) is 37.9 Å².